The topological polar surface area (TPSA) is 92.3 Å². The van der Waals surface area contributed by atoms with Crippen molar-refractivity contribution in [1.29, 1.82) is 0 Å². The molecule has 1 aromatic heterocycles. The van der Waals surface area contributed by atoms with Gasteiger partial charge in [0, 0.05) is 6.54 Å². The Balaban J connectivity index is 1.72. The Bertz CT molecular complexity index is 1100. The number of carbonyl (C=O) groups is 1. The van der Waals surface area contributed by atoms with Crippen LogP contribution in [0, 0.1) is 6.92 Å². The lowest BCUT2D eigenvalue weighted by Crippen LogP contribution is -2.50. The number of carbonyl (C=O) groups excluding carboxylic acids is 1. The summed E-state index contributed by atoms with van der Waals surface area (Å²) in [5, 5.41) is 10.5. The third kappa shape index (κ3) is 3.56. The molecule has 28 heavy (non-hydrogen) atoms. The highest BCUT2D eigenvalue weighted by Crippen LogP contribution is 2.30. The van der Waals surface area contributed by atoms with E-state index in [1.54, 1.807) is 24.3 Å². The number of nitrogens with one attached hydrogen (secondary N) is 1. The lowest BCUT2D eigenvalue weighted by Gasteiger charge is -2.34. The van der Waals surface area contributed by atoms with Crippen molar-refractivity contribution in [2.45, 2.75) is 30.8 Å². The van der Waals surface area contributed by atoms with Gasteiger partial charge in [-0.2, -0.15) is 4.31 Å². The van der Waals surface area contributed by atoms with Crippen molar-refractivity contribution in [3.63, 3.8) is 0 Å². The van der Waals surface area contributed by atoms with Crippen molar-refractivity contribution in [3.8, 4) is 0 Å². The molecular formula is C19H18N4O3S2. The zero-order valence-electron chi connectivity index (χ0n) is 15.1. The van der Waals surface area contributed by atoms with E-state index in [1.807, 2.05) is 31.2 Å². The van der Waals surface area contributed by atoms with Crippen LogP contribution in [0.5, 0.6) is 0 Å². The Hall–Kier alpha value is -2.62. The van der Waals surface area contributed by atoms with Crippen LogP contribution in [0.15, 0.2) is 58.9 Å². The van der Waals surface area contributed by atoms with E-state index < -0.39 is 22.0 Å². The Labute approximate surface area is 167 Å². The fourth-order valence-electron chi connectivity index (χ4n) is 3.24. The maximum absolute atomic E-state index is 13.3. The van der Waals surface area contributed by atoms with Gasteiger partial charge in [-0.25, -0.2) is 8.42 Å². The molecule has 0 saturated heterocycles. The Kier molecular flexibility index (Phi) is 4.96. The van der Waals surface area contributed by atoms with E-state index in [2.05, 4.69) is 15.5 Å². The predicted molar refractivity (Wildman–Crippen MR) is 106 cm³/mol. The van der Waals surface area contributed by atoms with Crippen LogP contribution in [0.4, 0.5) is 5.13 Å². The molecule has 1 amide bonds. The number of hydrogen-bond donors (Lipinski definition) is 1. The van der Waals surface area contributed by atoms with Crippen molar-refractivity contribution in [1.82, 2.24) is 14.5 Å². The van der Waals surface area contributed by atoms with Gasteiger partial charge in [-0.05, 0) is 36.6 Å². The van der Waals surface area contributed by atoms with Crippen molar-refractivity contribution in [2.24, 2.45) is 0 Å². The molecule has 2 heterocycles. The first kappa shape index (κ1) is 18.7. The molecule has 1 atom stereocenters. The van der Waals surface area contributed by atoms with Crippen LogP contribution >= 0.6 is 11.3 Å². The highest BCUT2D eigenvalue weighted by molar-refractivity contribution is 7.89. The van der Waals surface area contributed by atoms with Gasteiger partial charge in [0.05, 0.1) is 4.90 Å². The molecule has 1 aliphatic heterocycles. The fraction of sp³-hybridized carbons (Fsp3) is 0.211. The molecule has 0 aliphatic carbocycles. The van der Waals surface area contributed by atoms with E-state index in [0.717, 1.165) is 16.7 Å². The standard InChI is InChI=1S/C19H18N4O3S2/c1-13-6-8-16(9-7-13)28(25,26)23-11-15-5-3-2-4-14(15)10-17(23)18(24)21-19-22-20-12-27-19/h2-9,12,17H,10-11H2,1H3,(H,21,22,24). The van der Waals surface area contributed by atoms with Gasteiger partial charge in [-0.1, -0.05) is 53.3 Å². The summed E-state index contributed by atoms with van der Waals surface area (Å²) in [6.07, 6.45) is 0.298. The van der Waals surface area contributed by atoms with E-state index in [1.165, 1.54) is 21.2 Å². The summed E-state index contributed by atoms with van der Waals surface area (Å²) in [6.45, 7) is 2.03. The number of nitrogens with zero attached hydrogens (tertiary/aromatic N) is 3. The lowest BCUT2D eigenvalue weighted by atomic mass is 9.95. The third-order valence-electron chi connectivity index (χ3n) is 4.73. The normalized spacial score (nSPS) is 17.1. The van der Waals surface area contributed by atoms with Crippen LogP contribution in [-0.4, -0.2) is 34.9 Å². The minimum Gasteiger partial charge on any atom is -0.299 e. The number of anilines is 1. The molecule has 4 rings (SSSR count). The zero-order chi connectivity index (χ0) is 19.7. The van der Waals surface area contributed by atoms with Crippen LogP contribution in [0.3, 0.4) is 0 Å². The summed E-state index contributed by atoms with van der Waals surface area (Å²) in [4.78, 5) is 13.1. The van der Waals surface area contributed by atoms with Gasteiger partial charge in [0.25, 0.3) is 0 Å². The first-order valence-electron chi connectivity index (χ1n) is 8.67. The molecule has 3 aromatic rings. The molecule has 1 N–H and O–H groups in total. The van der Waals surface area contributed by atoms with Gasteiger partial charge in [-0.3, -0.25) is 10.1 Å². The van der Waals surface area contributed by atoms with Gasteiger partial charge in [-0.15, -0.1) is 10.2 Å². The molecule has 7 nitrogen and oxygen atoms in total. The number of amides is 1. The fourth-order valence-corrected chi connectivity index (χ4v) is 5.25. The van der Waals surface area contributed by atoms with E-state index in [0.29, 0.717) is 11.6 Å². The second-order valence-corrected chi connectivity index (χ2v) is 9.31. The highest BCUT2D eigenvalue weighted by Gasteiger charge is 2.39. The van der Waals surface area contributed by atoms with Crippen LogP contribution in [0.25, 0.3) is 0 Å². The van der Waals surface area contributed by atoms with Crippen molar-refractivity contribution in [2.75, 3.05) is 5.32 Å². The minimum absolute atomic E-state index is 0.139. The van der Waals surface area contributed by atoms with Gasteiger partial charge in [0.15, 0.2) is 0 Å². The quantitative estimate of drug-likeness (QED) is 0.708. The molecule has 144 valence electrons. The average molecular weight is 415 g/mol. The maximum atomic E-state index is 13.3. The third-order valence-corrected chi connectivity index (χ3v) is 7.20. The molecular weight excluding hydrogens is 396 g/mol. The van der Waals surface area contributed by atoms with E-state index >= 15 is 0 Å². The Morgan fingerprint density at radius 1 is 1.14 bits per heavy atom. The number of fused-ring (bicyclic) bond motifs is 1. The second-order valence-electron chi connectivity index (χ2n) is 6.59. The van der Waals surface area contributed by atoms with Gasteiger partial charge in [0.1, 0.15) is 11.6 Å². The number of benzene rings is 2. The summed E-state index contributed by atoms with van der Waals surface area (Å²) in [5.74, 6) is -0.415. The molecule has 0 saturated carbocycles. The molecule has 9 heteroatoms. The van der Waals surface area contributed by atoms with Gasteiger partial charge >= 0.3 is 0 Å². The van der Waals surface area contributed by atoms with Crippen LogP contribution in [-0.2, 0) is 27.8 Å². The summed E-state index contributed by atoms with van der Waals surface area (Å²) in [6, 6.07) is 13.4. The monoisotopic (exact) mass is 414 g/mol. The maximum Gasteiger partial charge on any atom is 0.245 e. The first-order valence-corrected chi connectivity index (χ1v) is 11.0. The minimum atomic E-state index is -3.85. The van der Waals surface area contributed by atoms with Crippen LogP contribution in [0.2, 0.25) is 0 Å². The average Bonchev–Trinajstić information content (AvgIpc) is 3.20. The van der Waals surface area contributed by atoms with E-state index in [-0.39, 0.29) is 11.4 Å². The number of aromatic nitrogens is 2. The largest absolute Gasteiger partial charge is 0.299 e. The Morgan fingerprint density at radius 2 is 1.86 bits per heavy atom. The first-order chi connectivity index (χ1) is 13.4. The number of hydrogen-bond acceptors (Lipinski definition) is 6. The highest BCUT2D eigenvalue weighted by atomic mass is 32.2. The summed E-state index contributed by atoms with van der Waals surface area (Å²) >= 11 is 1.19. The molecule has 1 unspecified atom stereocenters. The molecule has 0 fully saturated rings. The zero-order valence-corrected chi connectivity index (χ0v) is 16.7. The second kappa shape index (κ2) is 7.42. The van der Waals surface area contributed by atoms with Crippen molar-refractivity contribution in [3.05, 3.63) is 70.7 Å². The lowest BCUT2D eigenvalue weighted by molar-refractivity contribution is -0.120. The van der Waals surface area contributed by atoms with Crippen molar-refractivity contribution >= 4 is 32.4 Å². The molecule has 0 bridgehead atoms. The smallest absolute Gasteiger partial charge is 0.245 e. The number of rotatable bonds is 4. The summed E-state index contributed by atoms with van der Waals surface area (Å²) in [7, 11) is -3.85. The molecule has 2 aromatic carbocycles. The number of aryl methyl sites for hydroxylation is 1. The van der Waals surface area contributed by atoms with Crippen LogP contribution in [0.1, 0.15) is 16.7 Å². The summed E-state index contributed by atoms with van der Waals surface area (Å²) in [5.41, 5.74) is 4.34. The van der Waals surface area contributed by atoms with E-state index in [9.17, 15) is 13.2 Å². The molecule has 0 spiro atoms. The predicted octanol–water partition coefficient (Wildman–Crippen LogP) is 2.60. The van der Waals surface area contributed by atoms with Gasteiger partial charge < -0.3 is 0 Å². The summed E-state index contributed by atoms with van der Waals surface area (Å²) < 4.78 is 28.0. The SMILES string of the molecule is Cc1ccc(S(=O)(=O)N2Cc3ccccc3CC2C(=O)Nc2nncs2)cc1. The van der Waals surface area contributed by atoms with Crippen LogP contribution < -0.4 is 5.32 Å². The van der Waals surface area contributed by atoms with Crippen molar-refractivity contribution < 1.29 is 13.2 Å². The molecule has 0 radical (unpaired) electrons. The Morgan fingerprint density at radius 3 is 2.54 bits per heavy atom. The molecule has 1 aliphatic rings. The van der Waals surface area contributed by atoms with Gasteiger partial charge in [0.2, 0.25) is 21.1 Å². The number of sulfonamides is 1. The van der Waals surface area contributed by atoms with E-state index in [4.69, 9.17) is 0 Å².